The molecule has 1 saturated carbocycles. The minimum absolute atomic E-state index is 0.803. The van der Waals surface area contributed by atoms with Gasteiger partial charge in [-0.15, -0.1) is 0 Å². The Morgan fingerprint density at radius 3 is 2.38 bits per heavy atom. The smallest absolute Gasteiger partial charge is 0.0162 e. The van der Waals surface area contributed by atoms with Gasteiger partial charge in [0.1, 0.15) is 0 Å². The molecule has 0 bridgehead atoms. The van der Waals surface area contributed by atoms with Crippen LogP contribution in [0.1, 0.15) is 69.8 Å². The van der Waals surface area contributed by atoms with Gasteiger partial charge >= 0.3 is 0 Å². The molecule has 0 heteroatoms. The SMILES string of the molecule is CCCCCC1CCC(c2ccc3ccccc3c2)CC1. The second-order valence-electron chi connectivity index (χ2n) is 6.82. The van der Waals surface area contributed by atoms with Crippen molar-refractivity contribution in [2.75, 3.05) is 0 Å². The van der Waals surface area contributed by atoms with Gasteiger partial charge < -0.3 is 0 Å². The van der Waals surface area contributed by atoms with Crippen molar-refractivity contribution in [1.82, 2.24) is 0 Å². The number of benzene rings is 2. The Bertz CT molecular complexity index is 561. The van der Waals surface area contributed by atoms with E-state index in [9.17, 15) is 0 Å². The lowest BCUT2D eigenvalue weighted by Crippen LogP contribution is -2.13. The predicted molar refractivity (Wildman–Crippen MR) is 92.8 cm³/mol. The van der Waals surface area contributed by atoms with Crippen LogP contribution in [0.2, 0.25) is 0 Å². The summed E-state index contributed by atoms with van der Waals surface area (Å²) < 4.78 is 0. The summed E-state index contributed by atoms with van der Waals surface area (Å²) in [5.41, 5.74) is 1.57. The summed E-state index contributed by atoms with van der Waals surface area (Å²) in [5.74, 6) is 1.81. The highest BCUT2D eigenvalue weighted by Gasteiger charge is 2.22. The topological polar surface area (TPSA) is 0 Å². The fourth-order valence-electron chi connectivity index (χ4n) is 3.93. The lowest BCUT2D eigenvalue weighted by Gasteiger charge is -2.29. The molecule has 0 unspecified atom stereocenters. The summed E-state index contributed by atoms with van der Waals surface area (Å²) in [6.07, 6.45) is 11.4. The van der Waals surface area contributed by atoms with Gasteiger partial charge in [0.25, 0.3) is 0 Å². The fraction of sp³-hybridized carbons (Fsp3) is 0.524. The maximum absolute atomic E-state index is 2.43. The summed E-state index contributed by atoms with van der Waals surface area (Å²) in [7, 11) is 0. The van der Waals surface area contributed by atoms with Crippen molar-refractivity contribution in [2.24, 2.45) is 5.92 Å². The summed E-state index contributed by atoms with van der Waals surface area (Å²) >= 11 is 0. The monoisotopic (exact) mass is 280 g/mol. The van der Waals surface area contributed by atoms with E-state index in [2.05, 4.69) is 49.4 Å². The molecule has 2 aromatic rings. The molecule has 0 N–H and O–H groups in total. The van der Waals surface area contributed by atoms with E-state index in [1.165, 1.54) is 62.1 Å². The second-order valence-corrected chi connectivity index (χ2v) is 6.82. The first-order chi connectivity index (χ1) is 10.4. The van der Waals surface area contributed by atoms with Crippen LogP contribution in [0.5, 0.6) is 0 Å². The lowest BCUT2D eigenvalue weighted by molar-refractivity contribution is 0.303. The lowest BCUT2D eigenvalue weighted by atomic mass is 9.77. The minimum atomic E-state index is 0.803. The van der Waals surface area contributed by atoms with Crippen LogP contribution in [0.3, 0.4) is 0 Å². The number of hydrogen-bond donors (Lipinski definition) is 0. The van der Waals surface area contributed by atoms with Crippen molar-refractivity contribution in [3.8, 4) is 0 Å². The van der Waals surface area contributed by atoms with Crippen molar-refractivity contribution in [3.63, 3.8) is 0 Å². The maximum atomic E-state index is 2.43. The Hall–Kier alpha value is -1.30. The summed E-state index contributed by atoms with van der Waals surface area (Å²) in [6, 6.07) is 15.8. The van der Waals surface area contributed by atoms with Crippen molar-refractivity contribution >= 4 is 10.8 Å². The van der Waals surface area contributed by atoms with Crippen LogP contribution < -0.4 is 0 Å². The van der Waals surface area contributed by atoms with E-state index in [4.69, 9.17) is 0 Å². The molecule has 0 spiro atoms. The van der Waals surface area contributed by atoms with Gasteiger partial charge in [-0.2, -0.15) is 0 Å². The third-order valence-electron chi connectivity index (χ3n) is 5.31. The highest BCUT2D eigenvalue weighted by molar-refractivity contribution is 5.83. The first-order valence-corrected chi connectivity index (χ1v) is 8.85. The average molecular weight is 280 g/mol. The second kappa shape index (κ2) is 7.11. The first-order valence-electron chi connectivity index (χ1n) is 8.85. The summed E-state index contributed by atoms with van der Waals surface area (Å²) in [5, 5.41) is 2.77. The molecule has 0 aromatic heterocycles. The average Bonchev–Trinajstić information content (AvgIpc) is 2.55. The zero-order valence-corrected chi connectivity index (χ0v) is 13.4. The standard InChI is InChI=1S/C21H28/c1-2-3-4-7-17-10-12-19(13-11-17)21-15-14-18-8-5-6-9-20(18)16-21/h5-6,8-9,14-17,19H,2-4,7,10-13H2,1H3. The molecule has 0 heterocycles. The molecule has 1 aliphatic rings. The van der Waals surface area contributed by atoms with Crippen LogP contribution in [-0.4, -0.2) is 0 Å². The largest absolute Gasteiger partial charge is 0.0654 e. The van der Waals surface area contributed by atoms with E-state index in [0.29, 0.717) is 0 Å². The number of unbranched alkanes of at least 4 members (excludes halogenated alkanes) is 2. The van der Waals surface area contributed by atoms with Crippen LogP contribution in [-0.2, 0) is 0 Å². The van der Waals surface area contributed by atoms with E-state index in [1.807, 2.05) is 0 Å². The zero-order valence-electron chi connectivity index (χ0n) is 13.4. The third-order valence-corrected chi connectivity index (χ3v) is 5.31. The van der Waals surface area contributed by atoms with Crippen LogP contribution in [0, 0.1) is 5.92 Å². The van der Waals surface area contributed by atoms with E-state index in [-0.39, 0.29) is 0 Å². The highest BCUT2D eigenvalue weighted by atomic mass is 14.3. The molecule has 0 saturated heterocycles. The number of hydrogen-bond acceptors (Lipinski definition) is 0. The van der Waals surface area contributed by atoms with Gasteiger partial charge in [0.2, 0.25) is 0 Å². The summed E-state index contributed by atoms with van der Waals surface area (Å²) in [4.78, 5) is 0. The Morgan fingerprint density at radius 2 is 1.62 bits per heavy atom. The van der Waals surface area contributed by atoms with Gasteiger partial charge in [0, 0.05) is 0 Å². The van der Waals surface area contributed by atoms with Gasteiger partial charge in [0.05, 0.1) is 0 Å². The fourth-order valence-corrected chi connectivity index (χ4v) is 3.93. The number of rotatable bonds is 5. The van der Waals surface area contributed by atoms with Crippen LogP contribution in [0.4, 0.5) is 0 Å². The van der Waals surface area contributed by atoms with E-state index >= 15 is 0 Å². The normalized spacial score (nSPS) is 22.5. The minimum Gasteiger partial charge on any atom is -0.0654 e. The molecule has 1 fully saturated rings. The third kappa shape index (κ3) is 3.67. The molecule has 0 nitrogen and oxygen atoms in total. The highest BCUT2D eigenvalue weighted by Crippen LogP contribution is 2.38. The zero-order chi connectivity index (χ0) is 14.5. The van der Waals surface area contributed by atoms with Crippen molar-refractivity contribution in [2.45, 2.75) is 64.2 Å². The Kier molecular flexibility index (Phi) is 4.95. The van der Waals surface area contributed by atoms with Crippen LogP contribution >= 0.6 is 0 Å². The van der Waals surface area contributed by atoms with Crippen LogP contribution in [0.25, 0.3) is 10.8 Å². The molecule has 2 aromatic carbocycles. The predicted octanol–water partition coefficient (Wildman–Crippen LogP) is 6.69. The molecule has 3 rings (SSSR count). The van der Waals surface area contributed by atoms with Crippen LogP contribution in [0.15, 0.2) is 42.5 Å². The Morgan fingerprint density at radius 1 is 0.857 bits per heavy atom. The Balaban J connectivity index is 1.60. The molecule has 1 aliphatic carbocycles. The van der Waals surface area contributed by atoms with Crippen molar-refractivity contribution in [3.05, 3.63) is 48.0 Å². The first kappa shape index (κ1) is 14.6. The van der Waals surface area contributed by atoms with E-state index in [1.54, 1.807) is 5.56 Å². The van der Waals surface area contributed by atoms with Gasteiger partial charge in [-0.05, 0) is 53.9 Å². The van der Waals surface area contributed by atoms with Gasteiger partial charge in [0.15, 0.2) is 0 Å². The van der Waals surface area contributed by atoms with Gasteiger partial charge in [-0.3, -0.25) is 0 Å². The van der Waals surface area contributed by atoms with Gasteiger partial charge in [-0.25, -0.2) is 0 Å². The molecule has 0 radical (unpaired) electrons. The molecule has 0 amide bonds. The molecular weight excluding hydrogens is 252 g/mol. The molecular formula is C21H28. The molecule has 0 atom stereocenters. The molecule has 112 valence electrons. The number of fused-ring (bicyclic) bond motifs is 1. The van der Waals surface area contributed by atoms with Gasteiger partial charge in [-0.1, -0.05) is 75.1 Å². The van der Waals surface area contributed by atoms with E-state index < -0.39 is 0 Å². The Labute approximate surface area is 129 Å². The molecule has 21 heavy (non-hydrogen) atoms. The summed E-state index contributed by atoms with van der Waals surface area (Å²) in [6.45, 7) is 2.30. The molecule has 0 aliphatic heterocycles. The van der Waals surface area contributed by atoms with E-state index in [0.717, 1.165) is 11.8 Å². The quantitative estimate of drug-likeness (QED) is 0.535. The van der Waals surface area contributed by atoms with Crippen molar-refractivity contribution < 1.29 is 0 Å². The maximum Gasteiger partial charge on any atom is -0.0162 e. The van der Waals surface area contributed by atoms with Crippen molar-refractivity contribution in [1.29, 1.82) is 0 Å².